The molecule has 2 rings (SSSR count). The van der Waals surface area contributed by atoms with Crippen molar-refractivity contribution in [1.29, 1.82) is 0 Å². The smallest absolute Gasteiger partial charge is 0.246 e. The van der Waals surface area contributed by atoms with Gasteiger partial charge in [0, 0.05) is 24.0 Å². The highest BCUT2D eigenvalue weighted by molar-refractivity contribution is 7.09. The third-order valence-electron chi connectivity index (χ3n) is 3.50. The van der Waals surface area contributed by atoms with Gasteiger partial charge in [-0.25, -0.2) is 4.98 Å². The number of carbonyl (C=O) groups is 2. The quantitative estimate of drug-likeness (QED) is 0.905. The van der Waals surface area contributed by atoms with E-state index in [2.05, 4.69) is 10.3 Å². The van der Waals surface area contributed by atoms with Crippen LogP contribution in [-0.4, -0.2) is 33.8 Å². The second kappa shape index (κ2) is 5.52. The van der Waals surface area contributed by atoms with Crippen LogP contribution < -0.4 is 5.32 Å². The molecule has 1 aliphatic heterocycles. The molecule has 2 heterocycles. The molecule has 1 aliphatic rings. The van der Waals surface area contributed by atoms with E-state index in [1.807, 2.05) is 33.1 Å². The molecule has 1 fully saturated rings. The van der Waals surface area contributed by atoms with Gasteiger partial charge in [0.1, 0.15) is 11.0 Å². The molecule has 0 aliphatic carbocycles. The summed E-state index contributed by atoms with van der Waals surface area (Å²) < 4.78 is 0. The molecule has 0 spiro atoms. The van der Waals surface area contributed by atoms with Crippen molar-refractivity contribution < 1.29 is 9.59 Å². The Hall–Kier alpha value is -1.43. The minimum atomic E-state index is -0.486. The van der Waals surface area contributed by atoms with Crippen molar-refractivity contribution in [1.82, 2.24) is 15.2 Å². The lowest BCUT2D eigenvalue weighted by Crippen LogP contribution is -2.52. The molecule has 5 nitrogen and oxygen atoms in total. The molecule has 1 saturated heterocycles. The van der Waals surface area contributed by atoms with Crippen molar-refractivity contribution >= 4 is 23.2 Å². The fraction of sp³-hybridized carbons (Fsp3) is 0.643. The predicted octanol–water partition coefficient (Wildman–Crippen LogP) is 1.79. The summed E-state index contributed by atoms with van der Waals surface area (Å²) in [7, 11) is 0. The summed E-state index contributed by atoms with van der Waals surface area (Å²) in [6, 6.07) is -0.598. The van der Waals surface area contributed by atoms with Gasteiger partial charge in [0.2, 0.25) is 11.8 Å². The predicted molar refractivity (Wildman–Crippen MR) is 78.1 cm³/mol. The second-order valence-corrected chi connectivity index (χ2v) is 7.29. The maximum atomic E-state index is 12.8. The normalized spacial score (nSPS) is 24.5. The first-order chi connectivity index (χ1) is 9.29. The molecule has 2 unspecified atom stereocenters. The molecule has 1 N–H and O–H groups in total. The molecule has 0 radical (unpaired) electrons. The van der Waals surface area contributed by atoms with Gasteiger partial charge in [-0.3, -0.25) is 9.59 Å². The molecular weight excluding hydrogens is 274 g/mol. The van der Waals surface area contributed by atoms with Gasteiger partial charge in [-0.05, 0) is 12.3 Å². The summed E-state index contributed by atoms with van der Waals surface area (Å²) in [6.07, 6.45) is 2.07. The topological polar surface area (TPSA) is 62.3 Å². The molecule has 0 aromatic carbocycles. The van der Waals surface area contributed by atoms with E-state index in [-0.39, 0.29) is 23.3 Å². The van der Waals surface area contributed by atoms with E-state index in [0.29, 0.717) is 13.0 Å². The molecule has 2 atom stereocenters. The van der Waals surface area contributed by atoms with Gasteiger partial charge in [-0.15, -0.1) is 11.3 Å². The van der Waals surface area contributed by atoms with Crippen LogP contribution in [0.4, 0.5) is 0 Å². The van der Waals surface area contributed by atoms with E-state index in [1.165, 1.54) is 11.3 Å². The molecule has 0 bridgehead atoms. The zero-order chi connectivity index (χ0) is 14.9. The van der Waals surface area contributed by atoms with Crippen molar-refractivity contribution in [2.24, 2.45) is 5.41 Å². The van der Waals surface area contributed by atoms with Crippen LogP contribution in [0.25, 0.3) is 0 Å². The molecule has 2 amide bonds. The van der Waals surface area contributed by atoms with Crippen LogP contribution in [-0.2, 0) is 16.1 Å². The molecule has 6 heteroatoms. The number of nitrogens with one attached hydrogen (secondary N) is 1. The molecular formula is C14H21N3O2S. The van der Waals surface area contributed by atoms with Gasteiger partial charge in [-0.1, -0.05) is 20.8 Å². The first kappa shape index (κ1) is 15.0. The fourth-order valence-corrected chi connectivity index (χ4v) is 2.95. The number of aromatic nitrogens is 1. The van der Waals surface area contributed by atoms with Crippen molar-refractivity contribution in [3.8, 4) is 0 Å². The molecule has 1 aromatic rings. The summed E-state index contributed by atoms with van der Waals surface area (Å²) in [4.78, 5) is 30.7. The van der Waals surface area contributed by atoms with Crippen LogP contribution >= 0.6 is 11.3 Å². The van der Waals surface area contributed by atoms with E-state index in [0.717, 1.165) is 5.01 Å². The summed E-state index contributed by atoms with van der Waals surface area (Å²) in [5, 5.41) is 5.65. The van der Waals surface area contributed by atoms with Gasteiger partial charge in [0.05, 0.1) is 6.54 Å². The van der Waals surface area contributed by atoms with Crippen LogP contribution in [0.1, 0.15) is 39.1 Å². The van der Waals surface area contributed by atoms with Crippen LogP contribution in [0.5, 0.6) is 0 Å². The Kier molecular flexibility index (Phi) is 4.13. The van der Waals surface area contributed by atoms with E-state index in [4.69, 9.17) is 0 Å². The SMILES string of the molecule is CC1CC(=O)NC(C(C)(C)C)C(=O)N1Cc1nccs1. The fourth-order valence-electron chi connectivity index (χ4n) is 2.34. The van der Waals surface area contributed by atoms with Crippen molar-refractivity contribution in [2.75, 3.05) is 0 Å². The van der Waals surface area contributed by atoms with Crippen LogP contribution in [0, 0.1) is 5.41 Å². The lowest BCUT2D eigenvalue weighted by Gasteiger charge is -2.33. The number of carbonyl (C=O) groups excluding carboxylic acids is 2. The van der Waals surface area contributed by atoms with Gasteiger partial charge < -0.3 is 10.2 Å². The Morgan fingerprint density at radius 3 is 2.70 bits per heavy atom. The van der Waals surface area contributed by atoms with Gasteiger partial charge in [-0.2, -0.15) is 0 Å². The van der Waals surface area contributed by atoms with E-state index in [1.54, 1.807) is 11.1 Å². The summed E-state index contributed by atoms with van der Waals surface area (Å²) >= 11 is 1.53. The Morgan fingerprint density at radius 1 is 1.45 bits per heavy atom. The van der Waals surface area contributed by atoms with Crippen molar-refractivity contribution in [3.05, 3.63) is 16.6 Å². The lowest BCUT2D eigenvalue weighted by molar-refractivity contribution is -0.138. The Balaban J connectivity index is 2.27. The molecule has 0 saturated carbocycles. The molecule has 1 aromatic heterocycles. The second-order valence-electron chi connectivity index (χ2n) is 6.31. The van der Waals surface area contributed by atoms with Crippen LogP contribution in [0.3, 0.4) is 0 Å². The minimum absolute atomic E-state index is 0.0222. The first-order valence-electron chi connectivity index (χ1n) is 6.77. The number of amides is 2. The largest absolute Gasteiger partial charge is 0.344 e. The lowest BCUT2D eigenvalue weighted by atomic mass is 9.86. The van der Waals surface area contributed by atoms with E-state index < -0.39 is 6.04 Å². The maximum Gasteiger partial charge on any atom is 0.246 e. The standard InChI is InChI=1S/C14H21N3O2S/c1-9-7-10(18)16-12(14(2,3)4)13(19)17(9)8-11-15-5-6-20-11/h5-6,9,12H,7-8H2,1-4H3,(H,16,18). The van der Waals surface area contributed by atoms with Crippen molar-refractivity contribution in [2.45, 2.75) is 52.7 Å². The average Bonchev–Trinajstić information content (AvgIpc) is 2.79. The minimum Gasteiger partial charge on any atom is -0.344 e. The zero-order valence-electron chi connectivity index (χ0n) is 12.3. The number of rotatable bonds is 2. The van der Waals surface area contributed by atoms with Crippen LogP contribution in [0.2, 0.25) is 0 Å². The summed E-state index contributed by atoms with van der Waals surface area (Å²) in [6.45, 7) is 8.28. The Labute approximate surface area is 123 Å². The summed E-state index contributed by atoms with van der Waals surface area (Å²) in [5.74, 6) is -0.0848. The average molecular weight is 295 g/mol. The Morgan fingerprint density at radius 2 is 2.15 bits per heavy atom. The van der Waals surface area contributed by atoms with Gasteiger partial charge in [0.15, 0.2) is 0 Å². The highest BCUT2D eigenvalue weighted by Gasteiger charge is 2.40. The molecule has 110 valence electrons. The monoisotopic (exact) mass is 295 g/mol. The highest BCUT2D eigenvalue weighted by Crippen LogP contribution is 2.26. The van der Waals surface area contributed by atoms with Gasteiger partial charge >= 0.3 is 0 Å². The van der Waals surface area contributed by atoms with E-state index in [9.17, 15) is 9.59 Å². The number of thiazole rings is 1. The molecule has 20 heavy (non-hydrogen) atoms. The first-order valence-corrected chi connectivity index (χ1v) is 7.65. The Bertz CT molecular complexity index is 493. The zero-order valence-corrected chi connectivity index (χ0v) is 13.2. The van der Waals surface area contributed by atoms with Crippen molar-refractivity contribution in [3.63, 3.8) is 0 Å². The van der Waals surface area contributed by atoms with Crippen LogP contribution in [0.15, 0.2) is 11.6 Å². The third-order valence-corrected chi connectivity index (χ3v) is 4.27. The third kappa shape index (κ3) is 3.17. The van der Waals surface area contributed by atoms with E-state index >= 15 is 0 Å². The summed E-state index contributed by atoms with van der Waals surface area (Å²) in [5.41, 5.74) is -0.308. The number of hydrogen-bond donors (Lipinski definition) is 1. The van der Waals surface area contributed by atoms with Gasteiger partial charge in [0.25, 0.3) is 0 Å². The number of hydrogen-bond acceptors (Lipinski definition) is 4. The maximum absolute atomic E-state index is 12.8. The highest BCUT2D eigenvalue weighted by atomic mass is 32.1. The number of nitrogens with zero attached hydrogens (tertiary/aromatic N) is 2.